The van der Waals surface area contributed by atoms with E-state index in [1.54, 1.807) is 16.9 Å². The third kappa shape index (κ3) is 3.58. The minimum absolute atomic E-state index is 0.00743. The van der Waals surface area contributed by atoms with Gasteiger partial charge in [0.1, 0.15) is 12.3 Å². The molecule has 134 valence electrons. The van der Waals surface area contributed by atoms with E-state index in [1.165, 1.54) is 0 Å². The molecule has 2 fully saturated rings. The lowest BCUT2D eigenvalue weighted by Crippen LogP contribution is -2.43. The fourth-order valence-corrected chi connectivity index (χ4v) is 3.21. The molecule has 1 saturated heterocycles. The summed E-state index contributed by atoms with van der Waals surface area (Å²) in [6.07, 6.45) is 5.81. The van der Waals surface area contributed by atoms with Crippen LogP contribution in [0.15, 0.2) is 16.8 Å². The van der Waals surface area contributed by atoms with Gasteiger partial charge in [-0.15, -0.1) is 0 Å². The summed E-state index contributed by atoms with van der Waals surface area (Å²) in [5, 5.41) is 8.18. The molecule has 2 aliphatic rings. The Morgan fingerprint density at radius 1 is 1.40 bits per heavy atom. The molecule has 1 amide bonds. The van der Waals surface area contributed by atoms with Gasteiger partial charge in [-0.1, -0.05) is 5.16 Å². The van der Waals surface area contributed by atoms with Crippen LogP contribution in [0.2, 0.25) is 0 Å². The summed E-state index contributed by atoms with van der Waals surface area (Å²) in [5.74, 6) is 1.81. The second-order valence-electron chi connectivity index (χ2n) is 6.68. The number of likely N-dealkylation sites (tertiary alicyclic amines) is 1. The van der Waals surface area contributed by atoms with Gasteiger partial charge in [-0.3, -0.25) is 9.48 Å². The van der Waals surface area contributed by atoms with Crippen molar-refractivity contribution in [3.8, 4) is 0 Å². The highest BCUT2D eigenvalue weighted by Gasteiger charge is 2.30. The monoisotopic (exact) mass is 345 g/mol. The summed E-state index contributed by atoms with van der Waals surface area (Å²) in [6.45, 7) is 4.30. The SMILES string of the molecule is CCn1nccc1C(=O)N1CCCC(OCc2nc(C3CC3)no2)C1. The normalized spacial score (nSPS) is 20.8. The van der Waals surface area contributed by atoms with Crippen molar-refractivity contribution in [2.24, 2.45) is 0 Å². The number of aryl methyl sites for hydroxylation is 1. The molecule has 0 bridgehead atoms. The van der Waals surface area contributed by atoms with Crippen molar-refractivity contribution in [3.63, 3.8) is 0 Å². The van der Waals surface area contributed by atoms with E-state index >= 15 is 0 Å². The molecule has 1 saturated carbocycles. The number of hydrogen-bond acceptors (Lipinski definition) is 6. The predicted octanol–water partition coefficient (Wildman–Crippen LogP) is 1.98. The van der Waals surface area contributed by atoms with Gasteiger partial charge in [-0.25, -0.2) is 0 Å². The quantitative estimate of drug-likeness (QED) is 0.796. The van der Waals surface area contributed by atoms with Gasteiger partial charge in [0.2, 0.25) is 0 Å². The maximum Gasteiger partial charge on any atom is 0.272 e. The van der Waals surface area contributed by atoms with Gasteiger partial charge >= 0.3 is 0 Å². The Bertz CT molecular complexity index is 736. The Hall–Kier alpha value is -2.22. The zero-order valence-corrected chi connectivity index (χ0v) is 14.4. The highest BCUT2D eigenvalue weighted by atomic mass is 16.5. The van der Waals surface area contributed by atoms with Crippen molar-refractivity contribution < 1.29 is 14.1 Å². The predicted molar refractivity (Wildman–Crippen MR) is 87.9 cm³/mol. The topological polar surface area (TPSA) is 86.3 Å². The first-order valence-electron chi connectivity index (χ1n) is 8.99. The van der Waals surface area contributed by atoms with Gasteiger partial charge in [0.05, 0.1) is 6.10 Å². The van der Waals surface area contributed by atoms with Crippen LogP contribution in [0.1, 0.15) is 60.7 Å². The third-order valence-electron chi connectivity index (χ3n) is 4.77. The highest BCUT2D eigenvalue weighted by molar-refractivity contribution is 5.92. The molecule has 1 aliphatic heterocycles. The van der Waals surface area contributed by atoms with Gasteiger partial charge in [-0.2, -0.15) is 10.1 Å². The van der Waals surface area contributed by atoms with Crippen LogP contribution in [0.25, 0.3) is 0 Å². The molecule has 1 atom stereocenters. The Balaban J connectivity index is 1.33. The maximum atomic E-state index is 12.7. The molecule has 2 aromatic rings. The number of amides is 1. The standard InChI is InChI=1S/C17H23N5O3/c1-2-22-14(7-8-18-22)17(23)21-9-3-4-13(10-21)24-11-15-19-16(20-25-15)12-5-6-12/h7-8,12-13H,2-6,9-11H2,1H3. The van der Waals surface area contributed by atoms with Crippen LogP contribution in [0.3, 0.4) is 0 Å². The van der Waals surface area contributed by atoms with E-state index in [2.05, 4.69) is 15.2 Å². The number of carbonyl (C=O) groups is 1. The summed E-state index contributed by atoms with van der Waals surface area (Å²) >= 11 is 0. The average molecular weight is 345 g/mol. The molecule has 2 aromatic heterocycles. The Morgan fingerprint density at radius 2 is 2.28 bits per heavy atom. The van der Waals surface area contributed by atoms with E-state index in [-0.39, 0.29) is 12.0 Å². The van der Waals surface area contributed by atoms with Gasteiger partial charge in [-0.05, 0) is 38.7 Å². The first-order valence-corrected chi connectivity index (χ1v) is 8.99. The van der Waals surface area contributed by atoms with Crippen molar-refractivity contribution in [2.45, 2.75) is 57.8 Å². The number of carbonyl (C=O) groups excluding carboxylic acids is 1. The van der Waals surface area contributed by atoms with Crippen molar-refractivity contribution in [1.82, 2.24) is 24.8 Å². The zero-order valence-electron chi connectivity index (χ0n) is 14.4. The number of ether oxygens (including phenoxy) is 1. The van der Waals surface area contributed by atoms with Crippen LogP contribution < -0.4 is 0 Å². The molecule has 0 radical (unpaired) electrons. The Morgan fingerprint density at radius 3 is 3.08 bits per heavy atom. The third-order valence-corrected chi connectivity index (χ3v) is 4.77. The van der Waals surface area contributed by atoms with Crippen molar-refractivity contribution in [2.75, 3.05) is 13.1 Å². The number of hydrogen-bond donors (Lipinski definition) is 0. The lowest BCUT2D eigenvalue weighted by molar-refractivity contribution is -0.0156. The van der Waals surface area contributed by atoms with Gasteiger partial charge in [0.25, 0.3) is 11.8 Å². The second kappa shape index (κ2) is 6.95. The van der Waals surface area contributed by atoms with E-state index in [1.807, 2.05) is 11.8 Å². The summed E-state index contributed by atoms with van der Waals surface area (Å²) in [7, 11) is 0. The molecule has 4 rings (SSSR count). The van der Waals surface area contributed by atoms with Crippen LogP contribution in [-0.4, -0.2) is 49.9 Å². The molecule has 3 heterocycles. The van der Waals surface area contributed by atoms with Crippen LogP contribution >= 0.6 is 0 Å². The Kier molecular flexibility index (Phi) is 4.52. The number of aromatic nitrogens is 4. The Labute approximate surface area is 146 Å². The van der Waals surface area contributed by atoms with E-state index in [0.29, 0.717) is 37.2 Å². The van der Waals surface area contributed by atoms with Gasteiger partial charge in [0.15, 0.2) is 5.82 Å². The molecule has 0 aromatic carbocycles. The lowest BCUT2D eigenvalue weighted by atomic mass is 10.1. The van der Waals surface area contributed by atoms with E-state index in [4.69, 9.17) is 9.26 Å². The molecule has 1 unspecified atom stereocenters. The number of nitrogens with zero attached hydrogens (tertiary/aromatic N) is 5. The molecule has 1 aliphatic carbocycles. The molecular weight excluding hydrogens is 322 g/mol. The van der Waals surface area contributed by atoms with Crippen LogP contribution in [-0.2, 0) is 17.9 Å². The van der Waals surface area contributed by atoms with Gasteiger partial charge < -0.3 is 14.2 Å². The fraction of sp³-hybridized carbons (Fsp3) is 0.647. The largest absolute Gasteiger partial charge is 0.367 e. The average Bonchev–Trinajstić information content (AvgIpc) is 3.20. The molecular formula is C17H23N5O3. The van der Waals surface area contributed by atoms with Crippen molar-refractivity contribution >= 4 is 5.91 Å². The molecule has 0 N–H and O–H groups in total. The molecule has 25 heavy (non-hydrogen) atoms. The highest BCUT2D eigenvalue weighted by Crippen LogP contribution is 2.38. The van der Waals surface area contributed by atoms with Crippen molar-refractivity contribution in [1.29, 1.82) is 0 Å². The number of piperidine rings is 1. The summed E-state index contributed by atoms with van der Waals surface area (Å²) in [4.78, 5) is 18.9. The maximum absolute atomic E-state index is 12.7. The summed E-state index contributed by atoms with van der Waals surface area (Å²) < 4.78 is 12.9. The van der Waals surface area contributed by atoms with E-state index < -0.39 is 0 Å². The second-order valence-corrected chi connectivity index (χ2v) is 6.68. The van der Waals surface area contributed by atoms with Crippen LogP contribution in [0, 0.1) is 0 Å². The number of rotatable bonds is 6. The van der Waals surface area contributed by atoms with Crippen LogP contribution in [0.5, 0.6) is 0 Å². The minimum Gasteiger partial charge on any atom is -0.367 e. The van der Waals surface area contributed by atoms with E-state index in [9.17, 15) is 4.79 Å². The first kappa shape index (κ1) is 16.3. The summed E-state index contributed by atoms with van der Waals surface area (Å²) in [5.41, 5.74) is 0.633. The van der Waals surface area contributed by atoms with Crippen LogP contribution in [0.4, 0.5) is 0 Å². The molecule has 0 spiro atoms. The lowest BCUT2D eigenvalue weighted by Gasteiger charge is -2.32. The molecule has 8 heteroatoms. The summed E-state index contributed by atoms with van der Waals surface area (Å²) in [6, 6.07) is 1.77. The van der Waals surface area contributed by atoms with E-state index in [0.717, 1.165) is 38.1 Å². The fourth-order valence-electron chi connectivity index (χ4n) is 3.21. The smallest absolute Gasteiger partial charge is 0.272 e. The first-order chi connectivity index (χ1) is 12.2. The van der Waals surface area contributed by atoms with Gasteiger partial charge in [0, 0.05) is 31.7 Å². The zero-order chi connectivity index (χ0) is 17.2. The minimum atomic E-state index is -0.00743. The van der Waals surface area contributed by atoms with Crippen molar-refractivity contribution in [3.05, 3.63) is 29.7 Å². The molecule has 8 nitrogen and oxygen atoms in total.